The molecule has 4 nitrogen and oxygen atoms in total. The zero-order valence-corrected chi connectivity index (χ0v) is 13.7. The van der Waals surface area contributed by atoms with E-state index in [1.54, 1.807) is 0 Å². The lowest BCUT2D eigenvalue weighted by atomic mass is 9.84. The monoisotopic (exact) mass is 283 g/mol. The van der Waals surface area contributed by atoms with Crippen LogP contribution in [0.3, 0.4) is 0 Å². The van der Waals surface area contributed by atoms with Gasteiger partial charge in [0, 0.05) is 6.54 Å². The molecule has 3 N–H and O–H groups in total. The Morgan fingerprint density at radius 3 is 2.70 bits per heavy atom. The van der Waals surface area contributed by atoms with Crippen molar-refractivity contribution in [2.45, 2.75) is 58.4 Å². The fraction of sp³-hybridized carbons (Fsp3) is 0.938. The second-order valence-corrected chi connectivity index (χ2v) is 6.37. The molecule has 0 saturated heterocycles. The van der Waals surface area contributed by atoms with Crippen LogP contribution >= 0.6 is 0 Å². The van der Waals surface area contributed by atoms with Crippen molar-refractivity contribution in [3.05, 3.63) is 0 Å². The molecule has 1 aliphatic carbocycles. The molecule has 1 rings (SSSR count). The SMILES string of the molecule is CCC(C)CN(CC)CCC1CCCC1(NC)C(N)=O. The minimum Gasteiger partial charge on any atom is -0.368 e. The number of nitrogens with two attached hydrogens (primary N) is 1. The maximum Gasteiger partial charge on any atom is 0.238 e. The van der Waals surface area contributed by atoms with Crippen molar-refractivity contribution in [2.75, 3.05) is 26.7 Å². The average molecular weight is 283 g/mol. The van der Waals surface area contributed by atoms with Crippen LogP contribution in [0.15, 0.2) is 0 Å². The highest BCUT2D eigenvalue weighted by Crippen LogP contribution is 2.37. The standard InChI is InChI=1S/C16H33N3O/c1-5-13(3)12-19(6-2)11-9-14-8-7-10-16(14,18-4)15(17)20/h13-14,18H,5-12H2,1-4H3,(H2,17,20). The first-order valence-electron chi connectivity index (χ1n) is 8.21. The molecule has 118 valence electrons. The van der Waals surface area contributed by atoms with E-state index in [4.69, 9.17) is 5.73 Å². The van der Waals surface area contributed by atoms with E-state index >= 15 is 0 Å². The fourth-order valence-corrected chi connectivity index (χ4v) is 3.53. The van der Waals surface area contributed by atoms with Gasteiger partial charge in [0.25, 0.3) is 0 Å². The largest absolute Gasteiger partial charge is 0.368 e. The Morgan fingerprint density at radius 2 is 2.20 bits per heavy atom. The number of amides is 1. The van der Waals surface area contributed by atoms with Gasteiger partial charge in [-0.2, -0.15) is 0 Å². The third kappa shape index (κ3) is 3.95. The van der Waals surface area contributed by atoms with E-state index in [2.05, 4.69) is 31.0 Å². The Bertz CT molecular complexity index is 308. The summed E-state index contributed by atoms with van der Waals surface area (Å²) in [6.07, 6.45) is 5.40. The van der Waals surface area contributed by atoms with E-state index in [-0.39, 0.29) is 5.91 Å². The minimum atomic E-state index is -0.463. The van der Waals surface area contributed by atoms with Crippen molar-refractivity contribution in [1.29, 1.82) is 0 Å². The van der Waals surface area contributed by atoms with Gasteiger partial charge in [-0.1, -0.05) is 33.6 Å². The van der Waals surface area contributed by atoms with Gasteiger partial charge in [-0.3, -0.25) is 4.79 Å². The van der Waals surface area contributed by atoms with Gasteiger partial charge in [-0.15, -0.1) is 0 Å². The van der Waals surface area contributed by atoms with E-state index in [1.165, 1.54) is 6.42 Å². The van der Waals surface area contributed by atoms with Gasteiger partial charge in [-0.05, 0) is 51.2 Å². The summed E-state index contributed by atoms with van der Waals surface area (Å²) in [4.78, 5) is 14.4. The van der Waals surface area contributed by atoms with Crippen molar-refractivity contribution >= 4 is 5.91 Å². The Labute approximate surface area is 124 Å². The molecule has 0 aromatic rings. The number of carbonyl (C=O) groups is 1. The molecule has 0 aromatic carbocycles. The summed E-state index contributed by atoms with van der Waals surface area (Å²) < 4.78 is 0. The van der Waals surface area contributed by atoms with Crippen LogP contribution in [0.1, 0.15) is 52.9 Å². The summed E-state index contributed by atoms with van der Waals surface area (Å²) in [5.41, 5.74) is 5.20. The van der Waals surface area contributed by atoms with Crippen molar-refractivity contribution in [3.8, 4) is 0 Å². The maximum atomic E-state index is 11.8. The number of primary amides is 1. The lowest BCUT2D eigenvalue weighted by Crippen LogP contribution is -2.56. The molecule has 4 heteroatoms. The number of rotatable bonds is 9. The first kappa shape index (κ1) is 17.4. The van der Waals surface area contributed by atoms with E-state index < -0.39 is 5.54 Å². The molecule has 0 aromatic heterocycles. The first-order valence-corrected chi connectivity index (χ1v) is 8.21. The highest BCUT2D eigenvalue weighted by atomic mass is 16.1. The van der Waals surface area contributed by atoms with Gasteiger partial charge in [0.05, 0.1) is 0 Å². The molecule has 20 heavy (non-hydrogen) atoms. The second-order valence-electron chi connectivity index (χ2n) is 6.37. The van der Waals surface area contributed by atoms with Crippen LogP contribution in [0.2, 0.25) is 0 Å². The van der Waals surface area contributed by atoms with Crippen LogP contribution in [-0.2, 0) is 4.79 Å². The van der Waals surface area contributed by atoms with Gasteiger partial charge in [0.15, 0.2) is 0 Å². The summed E-state index contributed by atoms with van der Waals surface area (Å²) in [6.45, 7) is 10.1. The summed E-state index contributed by atoms with van der Waals surface area (Å²) in [6, 6.07) is 0. The molecule has 0 heterocycles. The van der Waals surface area contributed by atoms with Crippen LogP contribution < -0.4 is 11.1 Å². The summed E-state index contributed by atoms with van der Waals surface area (Å²) in [5, 5.41) is 3.23. The normalized spacial score (nSPS) is 27.9. The lowest BCUT2D eigenvalue weighted by Gasteiger charge is -2.34. The predicted molar refractivity (Wildman–Crippen MR) is 84.5 cm³/mol. The van der Waals surface area contributed by atoms with Gasteiger partial charge in [0.1, 0.15) is 5.54 Å². The Morgan fingerprint density at radius 1 is 1.50 bits per heavy atom. The number of hydrogen-bond acceptors (Lipinski definition) is 3. The summed E-state index contributed by atoms with van der Waals surface area (Å²) in [7, 11) is 1.87. The number of likely N-dealkylation sites (N-methyl/N-ethyl adjacent to an activating group) is 1. The highest BCUT2D eigenvalue weighted by molar-refractivity contribution is 5.85. The number of hydrogen-bond donors (Lipinski definition) is 2. The van der Waals surface area contributed by atoms with Crippen LogP contribution in [-0.4, -0.2) is 43.0 Å². The summed E-state index contributed by atoms with van der Waals surface area (Å²) in [5.74, 6) is 0.951. The van der Waals surface area contributed by atoms with E-state index in [9.17, 15) is 4.79 Å². The molecule has 1 fully saturated rings. The molecule has 1 aliphatic rings. The van der Waals surface area contributed by atoms with Crippen LogP contribution in [0, 0.1) is 11.8 Å². The van der Waals surface area contributed by atoms with Crippen LogP contribution in [0.5, 0.6) is 0 Å². The van der Waals surface area contributed by atoms with Crippen LogP contribution in [0.25, 0.3) is 0 Å². The Kier molecular flexibility index (Phi) is 6.96. The first-order chi connectivity index (χ1) is 9.50. The number of carbonyl (C=O) groups excluding carboxylic acids is 1. The van der Waals surface area contributed by atoms with Crippen molar-refractivity contribution < 1.29 is 4.79 Å². The van der Waals surface area contributed by atoms with Gasteiger partial charge in [0.2, 0.25) is 5.91 Å². The topological polar surface area (TPSA) is 58.4 Å². The smallest absolute Gasteiger partial charge is 0.238 e. The highest BCUT2D eigenvalue weighted by Gasteiger charge is 2.46. The van der Waals surface area contributed by atoms with E-state index in [0.29, 0.717) is 5.92 Å². The average Bonchev–Trinajstić information content (AvgIpc) is 2.87. The molecule has 0 aliphatic heterocycles. The number of nitrogens with one attached hydrogen (secondary N) is 1. The minimum absolute atomic E-state index is 0.174. The van der Waals surface area contributed by atoms with Gasteiger partial charge < -0.3 is 16.0 Å². The fourth-order valence-electron chi connectivity index (χ4n) is 3.53. The quantitative estimate of drug-likeness (QED) is 0.680. The lowest BCUT2D eigenvalue weighted by molar-refractivity contribution is -0.125. The van der Waals surface area contributed by atoms with Crippen LogP contribution in [0.4, 0.5) is 0 Å². The summed E-state index contributed by atoms with van der Waals surface area (Å²) >= 11 is 0. The second kappa shape index (κ2) is 7.99. The van der Waals surface area contributed by atoms with Gasteiger partial charge in [-0.25, -0.2) is 0 Å². The van der Waals surface area contributed by atoms with Crippen molar-refractivity contribution in [3.63, 3.8) is 0 Å². The molecular formula is C16H33N3O. The number of nitrogens with zero attached hydrogens (tertiary/aromatic N) is 1. The Balaban J connectivity index is 2.56. The molecule has 0 bridgehead atoms. The molecule has 3 atom stereocenters. The van der Waals surface area contributed by atoms with Crippen molar-refractivity contribution in [1.82, 2.24) is 10.2 Å². The molecule has 1 amide bonds. The zero-order chi connectivity index (χ0) is 15.2. The van der Waals surface area contributed by atoms with E-state index in [0.717, 1.165) is 51.2 Å². The maximum absolute atomic E-state index is 11.8. The third-order valence-corrected chi connectivity index (χ3v) is 5.21. The zero-order valence-electron chi connectivity index (χ0n) is 13.7. The van der Waals surface area contributed by atoms with Crippen molar-refractivity contribution in [2.24, 2.45) is 17.6 Å². The molecular weight excluding hydrogens is 250 g/mol. The molecule has 0 radical (unpaired) electrons. The third-order valence-electron chi connectivity index (χ3n) is 5.21. The van der Waals surface area contributed by atoms with Gasteiger partial charge >= 0.3 is 0 Å². The molecule has 3 unspecified atom stereocenters. The molecule has 1 saturated carbocycles. The predicted octanol–water partition coefficient (Wildman–Crippen LogP) is 1.99. The van der Waals surface area contributed by atoms with E-state index in [1.807, 2.05) is 7.05 Å². The Hall–Kier alpha value is -0.610. The molecule has 0 spiro atoms.